The fourth-order valence-electron chi connectivity index (χ4n) is 2.99. The van der Waals surface area contributed by atoms with Gasteiger partial charge in [-0.15, -0.1) is 0 Å². The Balaban J connectivity index is 1.99. The maximum absolute atomic E-state index is 11.2. The highest BCUT2D eigenvalue weighted by Gasteiger charge is 2.38. The Kier molecular flexibility index (Phi) is 3.68. The van der Waals surface area contributed by atoms with E-state index in [9.17, 15) is 5.11 Å². The van der Waals surface area contributed by atoms with Gasteiger partial charge in [0.15, 0.2) is 0 Å². The van der Waals surface area contributed by atoms with E-state index in [1.165, 1.54) is 11.1 Å². The highest BCUT2D eigenvalue weighted by molar-refractivity contribution is 5.47. The minimum absolute atomic E-state index is 0.666. The van der Waals surface area contributed by atoms with Crippen LogP contribution in [0.3, 0.4) is 0 Å². The molecule has 1 aromatic heterocycles. The van der Waals surface area contributed by atoms with Crippen molar-refractivity contribution in [3.8, 4) is 5.75 Å². The maximum Gasteiger partial charge on any atom is 0.137 e. The molecular formula is C18H21NO2. The minimum Gasteiger partial charge on any atom is -0.492 e. The lowest BCUT2D eigenvalue weighted by Crippen LogP contribution is -2.24. The summed E-state index contributed by atoms with van der Waals surface area (Å²) in [6.07, 6.45) is 6.00. The van der Waals surface area contributed by atoms with Crippen molar-refractivity contribution in [3.63, 3.8) is 0 Å². The molecule has 1 aromatic carbocycles. The van der Waals surface area contributed by atoms with E-state index in [4.69, 9.17) is 4.74 Å². The van der Waals surface area contributed by atoms with Crippen LogP contribution in [0.5, 0.6) is 5.75 Å². The molecule has 1 N–H and O–H groups in total. The van der Waals surface area contributed by atoms with Crippen molar-refractivity contribution in [3.05, 3.63) is 58.9 Å². The third-order valence-electron chi connectivity index (χ3n) is 4.13. The van der Waals surface area contributed by atoms with Crippen LogP contribution in [0.25, 0.3) is 0 Å². The summed E-state index contributed by atoms with van der Waals surface area (Å²) in [5.41, 5.74) is 3.28. The maximum atomic E-state index is 11.2. The van der Waals surface area contributed by atoms with Crippen LogP contribution in [0.2, 0.25) is 0 Å². The van der Waals surface area contributed by atoms with Crippen LogP contribution in [-0.4, -0.2) is 16.7 Å². The number of aromatic nitrogens is 1. The zero-order valence-corrected chi connectivity index (χ0v) is 12.6. The first-order valence-electron chi connectivity index (χ1n) is 7.54. The summed E-state index contributed by atoms with van der Waals surface area (Å²) in [6.45, 7) is 4.79. The lowest BCUT2D eigenvalue weighted by molar-refractivity contribution is 0.0821. The molecule has 3 heteroatoms. The van der Waals surface area contributed by atoms with Crippen molar-refractivity contribution >= 4 is 0 Å². The van der Waals surface area contributed by atoms with Crippen LogP contribution in [-0.2, 0) is 12.0 Å². The molecule has 0 fully saturated rings. The molecule has 1 aliphatic rings. The van der Waals surface area contributed by atoms with E-state index in [2.05, 4.69) is 37.0 Å². The Morgan fingerprint density at radius 2 is 2.14 bits per heavy atom. The molecule has 1 unspecified atom stereocenters. The fraction of sp³-hybridized carbons (Fsp3) is 0.389. The van der Waals surface area contributed by atoms with E-state index in [0.717, 1.165) is 29.7 Å². The smallest absolute Gasteiger partial charge is 0.137 e. The molecule has 0 spiro atoms. The standard InChI is InChI=1S/C18H21NO2/c1-3-8-21-16-10-15(11-19-12-16)18(20)7-6-14-5-4-13(2)9-17(14)18/h4-5,9-12,20H,3,6-8H2,1-2H3. The van der Waals surface area contributed by atoms with Gasteiger partial charge in [0.2, 0.25) is 0 Å². The molecule has 1 heterocycles. The van der Waals surface area contributed by atoms with Gasteiger partial charge in [-0.1, -0.05) is 30.7 Å². The zero-order valence-electron chi connectivity index (χ0n) is 12.6. The summed E-state index contributed by atoms with van der Waals surface area (Å²) >= 11 is 0. The molecule has 21 heavy (non-hydrogen) atoms. The second-order valence-corrected chi connectivity index (χ2v) is 5.78. The lowest BCUT2D eigenvalue weighted by atomic mass is 9.88. The Hall–Kier alpha value is -1.87. The number of aryl methyl sites for hydroxylation is 2. The molecule has 1 atom stereocenters. The number of aliphatic hydroxyl groups is 1. The van der Waals surface area contributed by atoms with E-state index >= 15 is 0 Å². The van der Waals surface area contributed by atoms with Gasteiger partial charge >= 0.3 is 0 Å². The minimum atomic E-state index is -0.945. The highest BCUT2D eigenvalue weighted by atomic mass is 16.5. The third-order valence-corrected chi connectivity index (χ3v) is 4.13. The Morgan fingerprint density at radius 3 is 2.95 bits per heavy atom. The molecule has 0 bridgehead atoms. The van der Waals surface area contributed by atoms with Crippen LogP contribution in [0.4, 0.5) is 0 Å². The topological polar surface area (TPSA) is 42.4 Å². The third kappa shape index (κ3) is 2.54. The largest absolute Gasteiger partial charge is 0.492 e. The fourth-order valence-corrected chi connectivity index (χ4v) is 2.99. The van der Waals surface area contributed by atoms with E-state index in [0.29, 0.717) is 13.0 Å². The van der Waals surface area contributed by atoms with Gasteiger partial charge < -0.3 is 9.84 Å². The molecule has 0 radical (unpaired) electrons. The highest BCUT2D eigenvalue weighted by Crippen LogP contribution is 2.42. The van der Waals surface area contributed by atoms with Gasteiger partial charge in [-0.2, -0.15) is 0 Å². The molecule has 1 aliphatic carbocycles. The Morgan fingerprint density at radius 1 is 1.29 bits per heavy atom. The normalized spacial score (nSPS) is 20.3. The SMILES string of the molecule is CCCOc1cncc(C2(O)CCc3ccc(C)cc32)c1. The van der Waals surface area contributed by atoms with Crippen molar-refractivity contribution < 1.29 is 9.84 Å². The summed E-state index contributed by atoms with van der Waals surface area (Å²) in [7, 11) is 0. The predicted octanol–water partition coefficient (Wildman–Crippen LogP) is 3.36. The van der Waals surface area contributed by atoms with Crippen LogP contribution < -0.4 is 4.74 Å². The second kappa shape index (κ2) is 5.49. The van der Waals surface area contributed by atoms with E-state index in [1.807, 2.05) is 6.07 Å². The van der Waals surface area contributed by atoms with Crippen molar-refractivity contribution in [2.75, 3.05) is 6.61 Å². The van der Waals surface area contributed by atoms with Crippen molar-refractivity contribution in [2.45, 2.75) is 38.7 Å². The number of benzene rings is 1. The summed E-state index contributed by atoms with van der Waals surface area (Å²) < 4.78 is 5.64. The first kappa shape index (κ1) is 14.1. The van der Waals surface area contributed by atoms with Gasteiger partial charge in [0, 0.05) is 11.8 Å². The number of ether oxygens (including phenoxy) is 1. The van der Waals surface area contributed by atoms with Gasteiger partial charge in [0.25, 0.3) is 0 Å². The molecule has 110 valence electrons. The lowest BCUT2D eigenvalue weighted by Gasteiger charge is -2.25. The van der Waals surface area contributed by atoms with Crippen LogP contribution in [0.1, 0.15) is 42.0 Å². The number of fused-ring (bicyclic) bond motifs is 1. The van der Waals surface area contributed by atoms with Gasteiger partial charge in [-0.25, -0.2) is 0 Å². The number of pyridine rings is 1. The average Bonchev–Trinajstić information content (AvgIpc) is 2.84. The monoisotopic (exact) mass is 283 g/mol. The molecule has 0 saturated heterocycles. The number of rotatable bonds is 4. The first-order chi connectivity index (χ1) is 10.1. The quantitative estimate of drug-likeness (QED) is 0.935. The van der Waals surface area contributed by atoms with Gasteiger partial charge in [0.05, 0.1) is 12.8 Å². The molecule has 0 saturated carbocycles. The molecule has 3 nitrogen and oxygen atoms in total. The summed E-state index contributed by atoms with van der Waals surface area (Å²) in [5.74, 6) is 0.726. The van der Waals surface area contributed by atoms with Gasteiger partial charge in [-0.05, 0) is 43.4 Å². The van der Waals surface area contributed by atoms with Crippen molar-refractivity contribution in [1.29, 1.82) is 0 Å². The van der Waals surface area contributed by atoms with Gasteiger partial charge in [0.1, 0.15) is 11.4 Å². The molecule has 0 aliphatic heterocycles. The van der Waals surface area contributed by atoms with Crippen LogP contribution in [0, 0.1) is 6.92 Å². The predicted molar refractivity (Wildman–Crippen MR) is 82.5 cm³/mol. The Labute approximate surface area is 125 Å². The van der Waals surface area contributed by atoms with Crippen molar-refractivity contribution in [2.24, 2.45) is 0 Å². The number of hydrogen-bond donors (Lipinski definition) is 1. The van der Waals surface area contributed by atoms with Crippen LogP contribution >= 0.6 is 0 Å². The summed E-state index contributed by atoms with van der Waals surface area (Å²) in [4.78, 5) is 4.24. The van der Waals surface area contributed by atoms with Gasteiger partial charge in [-0.3, -0.25) is 4.98 Å². The molecule has 2 aromatic rings. The molecule has 3 rings (SSSR count). The molecular weight excluding hydrogens is 262 g/mol. The van der Waals surface area contributed by atoms with E-state index < -0.39 is 5.60 Å². The summed E-state index contributed by atoms with van der Waals surface area (Å²) in [6, 6.07) is 8.22. The molecule has 0 amide bonds. The second-order valence-electron chi connectivity index (χ2n) is 5.78. The first-order valence-corrected chi connectivity index (χ1v) is 7.54. The van der Waals surface area contributed by atoms with E-state index in [1.54, 1.807) is 12.4 Å². The Bertz CT molecular complexity index is 653. The average molecular weight is 283 g/mol. The number of nitrogens with zero attached hydrogens (tertiary/aromatic N) is 1. The summed E-state index contributed by atoms with van der Waals surface area (Å²) in [5, 5.41) is 11.2. The van der Waals surface area contributed by atoms with Crippen LogP contribution in [0.15, 0.2) is 36.7 Å². The number of hydrogen-bond acceptors (Lipinski definition) is 3. The van der Waals surface area contributed by atoms with E-state index in [-0.39, 0.29) is 0 Å². The van der Waals surface area contributed by atoms with Crippen molar-refractivity contribution in [1.82, 2.24) is 4.98 Å². The zero-order chi connectivity index (χ0) is 14.9.